The number of pyridine rings is 1. The molecule has 1 aromatic heterocycles. The highest BCUT2D eigenvalue weighted by molar-refractivity contribution is 5.91. The number of hydrogen-bond acceptors (Lipinski definition) is 4. The largest absolute Gasteiger partial charge is 0.497 e. The van der Waals surface area contributed by atoms with Crippen LogP contribution in [0.1, 0.15) is 23.7 Å². The van der Waals surface area contributed by atoms with Crippen molar-refractivity contribution < 1.29 is 14.3 Å². The first-order valence-corrected chi connectivity index (χ1v) is 6.84. The highest BCUT2D eigenvalue weighted by Crippen LogP contribution is 2.37. The lowest BCUT2D eigenvalue weighted by atomic mass is 10.0. The highest BCUT2D eigenvalue weighted by atomic mass is 16.5. The van der Waals surface area contributed by atoms with Gasteiger partial charge < -0.3 is 14.4 Å². The molecule has 0 bridgehead atoms. The van der Waals surface area contributed by atoms with Crippen LogP contribution >= 0.6 is 0 Å². The van der Waals surface area contributed by atoms with Crippen LogP contribution < -0.4 is 9.47 Å². The van der Waals surface area contributed by atoms with Gasteiger partial charge in [-0.05, 0) is 24.1 Å². The second-order valence-corrected chi connectivity index (χ2v) is 5.26. The third kappa shape index (κ3) is 2.09. The van der Waals surface area contributed by atoms with Crippen molar-refractivity contribution >= 4 is 16.8 Å². The van der Waals surface area contributed by atoms with Crippen LogP contribution in [0.3, 0.4) is 0 Å². The molecule has 0 N–H and O–H groups in total. The molecule has 3 rings (SSSR count). The fourth-order valence-electron chi connectivity index (χ4n) is 2.87. The lowest BCUT2D eigenvalue weighted by Crippen LogP contribution is -2.21. The van der Waals surface area contributed by atoms with E-state index in [0.717, 1.165) is 33.5 Å². The molecule has 2 heterocycles. The summed E-state index contributed by atoms with van der Waals surface area (Å²) in [6.45, 7) is 4.81. The SMILES string of the molecule is COc1cc(OC)c2nc(C)c3c(c2c1)CN(C(C)=O)C3. The first kappa shape index (κ1) is 13.7. The number of carbonyl (C=O) groups excluding carboxylic acids is 1. The van der Waals surface area contributed by atoms with Crippen LogP contribution in [0.15, 0.2) is 12.1 Å². The number of ether oxygens (including phenoxy) is 2. The molecule has 5 nitrogen and oxygen atoms in total. The van der Waals surface area contributed by atoms with E-state index in [4.69, 9.17) is 9.47 Å². The van der Waals surface area contributed by atoms with Crippen molar-refractivity contribution in [2.45, 2.75) is 26.9 Å². The summed E-state index contributed by atoms with van der Waals surface area (Å²) in [4.78, 5) is 18.2. The Morgan fingerprint density at radius 1 is 1.19 bits per heavy atom. The number of benzene rings is 1. The maximum Gasteiger partial charge on any atom is 0.220 e. The molecule has 110 valence electrons. The summed E-state index contributed by atoms with van der Waals surface area (Å²) in [5.41, 5.74) is 4.04. The molecule has 21 heavy (non-hydrogen) atoms. The van der Waals surface area contributed by atoms with Gasteiger partial charge in [0.1, 0.15) is 17.0 Å². The standard InChI is InChI=1S/C16H18N2O3/c1-9-13-7-18(10(2)19)8-14(13)12-5-11(20-3)6-15(21-4)16(12)17-9/h5-6H,7-8H2,1-4H3. The predicted molar refractivity (Wildman–Crippen MR) is 79.5 cm³/mol. The summed E-state index contributed by atoms with van der Waals surface area (Å²) < 4.78 is 10.8. The molecule has 0 aliphatic carbocycles. The van der Waals surface area contributed by atoms with E-state index in [9.17, 15) is 4.79 Å². The normalized spacial score (nSPS) is 13.4. The Morgan fingerprint density at radius 2 is 1.90 bits per heavy atom. The Balaban J connectivity index is 2.28. The lowest BCUT2D eigenvalue weighted by Gasteiger charge is -2.12. The van der Waals surface area contributed by atoms with Crippen molar-refractivity contribution in [1.29, 1.82) is 0 Å². The summed E-state index contributed by atoms with van der Waals surface area (Å²) in [5, 5.41) is 0.996. The number of amides is 1. The molecular weight excluding hydrogens is 268 g/mol. The van der Waals surface area contributed by atoms with E-state index in [1.165, 1.54) is 0 Å². The first-order chi connectivity index (χ1) is 10.0. The predicted octanol–water partition coefficient (Wildman–Crippen LogP) is 2.42. The Morgan fingerprint density at radius 3 is 2.52 bits per heavy atom. The van der Waals surface area contributed by atoms with E-state index in [-0.39, 0.29) is 5.91 Å². The van der Waals surface area contributed by atoms with Gasteiger partial charge in [-0.15, -0.1) is 0 Å². The number of fused-ring (bicyclic) bond motifs is 3. The van der Waals surface area contributed by atoms with Gasteiger partial charge in [0, 0.05) is 37.2 Å². The van der Waals surface area contributed by atoms with E-state index in [2.05, 4.69) is 4.98 Å². The molecule has 1 aliphatic heterocycles. The van der Waals surface area contributed by atoms with Gasteiger partial charge in [0.25, 0.3) is 0 Å². The summed E-state index contributed by atoms with van der Waals surface area (Å²) in [5.74, 6) is 1.50. The molecule has 0 saturated heterocycles. The first-order valence-electron chi connectivity index (χ1n) is 6.84. The van der Waals surface area contributed by atoms with Gasteiger partial charge in [-0.2, -0.15) is 0 Å². The molecule has 5 heteroatoms. The van der Waals surface area contributed by atoms with Gasteiger partial charge in [0.2, 0.25) is 5.91 Å². The minimum atomic E-state index is 0.0774. The molecule has 0 spiro atoms. The topological polar surface area (TPSA) is 51.7 Å². The number of hydrogen-bond donors (Lipinski definition) is 0. The van der Waals surface area contributed by atoms with E-state index in [1.807, 2.05) is 24.0 Å². The molecule has 0 atom stereocenters. The van der Waals surface area contributed by atoms with E-state index >= 15 is 0 Å². The van der Waals surface area contributed by atoms with Crippen molar-refractivity contribution in [3.8, 4) is 11.5 Å². The van der Waals surface area contributed by atoms with E-state index in [1.54, 1.807) is 21.1 Å². The number of aromatic nitrogens is 1. The fraction of sp³-hybridized carbons (Fsp3) is 0.375. The second-order valence-electron chi connectivity index (χ2n) is 5.26. The van der Waals surface area contributed by atoms with Gasteiger partial charge in [0.15, 0.2) is 0 Å². The van der Waals surface area contributed by atoms with Crippen molar-refractivity contribution in [2.75, 3.05) is 14.2 Å². The Hall–Kier alpha value is -2.30. The van der Waals surface area contributed by atoms with Crippen molar-refractivity contribution in [2.24, 2.45) is 0 Å². The highest BCUT2D eigenvalue weighted by Gasteiger charge is 2.26. The van der Waals surface area contributed by atoms with Gasteiger partial charge in [-0.25, -0.2) is 4.98 Å². The Bertz CT molecular complexity index is 740. The molecule has 1 aliphatic rings. The molecule has 0 unspecified atom stereocenters. The van der Waals surface area contributed by atoms with Crippen molar-refractivity contribution in [1.82, 2.24) is 9.88 Å². The quantitative estimate of drug-likeness (QED) is 0.850. The van der Waals surface area contributed by atoms with Gasteiger partial charge in [0.05, 0.1) is 14.2 Å². The maximum atomic E-state index is 11.7. The molecular formula is C16H18N2O3. The minimum absolute atomic E-state index is 0.0774. The van der Waals surface area contributed by atoms with Crippen LogP contribution in [0.2, 0.25) is 0 Å². The van der Waals surface area contributed by atoms with Crippen molar-refractivity contribution in [3.63, 3.8) is 0 Å². The summed E-state index contributed by atoms with van der Waals surface area (Å²) in [7, 11) is 3.25. The molecule has 2 aromatic rings. The summed E-state index contributed by atoms with van der Waals surface area (Å²) in [6.07, 6.45) is 0. The van der Waals surface area contributed by atoms with Gasteiger partial charge >= 0.3 is 0 Å². The average Bonchev–Trinajstić information content (AvgIpc) is 2.93. The van der Waals surface area contributed by atoms with Gasteiger partial charge in [-0.3, -0.25) is 4.79 Å². The summed E-state index contributed by atoms with van der Waals surface area (Å²) in [6, 6.07) is 3.80. The Kier molecular flexibility index (Phi) is 3.20. The van der Waals surface area contributed by atoms with Crippen LogP contribution in [-0.2, 0) is 17.9 Å². The molecule has 1 aromatic carbocycles. The third-order valence-electron chi connectivity index (χ3n) is 4.05. The van der Waals surface area contributed by atoms with E-state index < -0.39 is 0 Å². The van der Waals surface area contributed by atoms with Crippen LogP contribution in [0.4, 0.5) is 0 Å². The number of nitrogens with zero attached hydrogens (tertiary/aromatic N) is 2. The number of carbonyl (C=O) groups is 1. The minimum Gasteiger partial charge on any atom is -0.497 e. The number of rotatable bonds is 2. The van der Waals surface area contributed by atoms with Gasteiger partial charge in [-0.1, -0.05) is 0 Å². The molecule has 0 saturated carbocycles. The second kappa shape index (κ2) is 4.91. The maximum absolute atomic E-state index is 11.7. The number of aryl methyl sites for hydroxylation is 1. The molecule has 1 amide bonds. The van der Waals surface area contributed by atoms with Crippen molar-refractivity contribution in [3.05, 3.63) is 29.0 Å². The fourth-order valence-corrected chi connectivity index (χ4v) is 2.87. The monoisotopic (exact) mass is 286 g/mol. The zero-order chi connectivity index (χ0) is 15.1. The average molecular weight is 286 g/mol. The Labute approximate surface area is 123 Å². The smallest absolute Gasteiger partial charge is 0.220 e. The van der Waals surface area contributed by atoms with Crippen LogP contribution in [-0.4, -0.2) is 30.0 Å². The summed E-state index contributed by atoms with van der Waals surface area (Å²) >= 11 is 0. The third-order valence-corrected chi connectivity index (χ3v) is 4.05. The zero-order valence-corrected chi connectivity index (χ0v) is 12.7. The van der Waals surface area contributed by atoms with Crippen LogP contribution in [0, 0.1) is 6.92 Å². The number of methoxy groups -OCH3 is 2. The zero-order valence-electron chi connectivity index (χ0n) is 12.7. The van der Waals surface area contributed by atoms with Crippen LogP contribution in [0.5, 0.6) is 11.5 Å². The van der Waals surface area contributed by atoms with E-state index in [0.29, 0.717) is 18.8 Å². The molecule has 0 fully saturated rings. The lowest BCUT2D eigenvalue weighted by molar-refractivity contribution is -0.129. The molecule has 0 radical (unpaired) electrons. The van der Waals surface area contributed by atoms with Crippen LogP contribution in [0.25, 0.3) is 10.9 Å².